The van der Waals surface area contributed by atoms with Crippen molar-refractivity contribution < 1.29 is 9.53 Å². The van der Waals surface area contributed by atoms with Gasteiger partial charge in [-0.25, -0.2) is 0 Å². The molecule has 31 heavy (non-hydrogen) atoms. The predicted octanol–water partition coefficient (Wildman–Crippen LogP) is 4.19. The zero-order valence-electron chi connectivity index (χ0n) is 17.4. The van der Waals surface area contributed by atoms with Crippen molar-refractivity contribution in [2.45, 2.75) is 19.4 Å². The van der Waals surface area contributed by atoms with Crippen LogP contribution < -0.4 is 14.9 Å². The van der Waals surface area contributed by atoms with Crippen LogP contribution in [0.3, 0.4) is 0 Å². The van der Waals surface area contributed by atoms with Gasteiger partial charge in [-0.15, -0.1) is 0 Å². The van der Waals surface area contributed by atoms with E-state index in [1.54, 1.807) is 18.7 Å². The number of hydrogen-bond acceptors (Lipinski definition) is 5. The second-order valence-electron chi connectivity index (χ2n) is 7.21. The van der Waals surface area contributed by atoms with Gasteiger partial charge in [0, 0.05) is 35.3 Å². The Morgan fingerprint density at radius 1 is 1.23 bits per heavy atom. The van der Waals surface area contributed by atoms with E-state index in [1.807, 2.05) is 49.4 Å². The Kier molecular flexibility index (Phi) is 5.98. The molecule has 1 aliphatic rings. The summed E-state index contributed by atoms with van der Waals surface area (Å²) in [5, 5.41) is 3.47. The summed E-state index contributed by atoms with van der Waals surface area (Å²) in [6.45, 7) is 2.41. The lowest BCUT2D eigenvalue weighted by Gasteiger charge is -2.13. The summed E-state index contributed by atoms with van der Waals surface area (Å²) in [7, 11) is 3.36. The summed E-state index contributed by atoms with van der Waals surface area (Å²) >= 11 is 7.25. The molecule has 0 aliphatic carbocycles. The van der Waals surface area contributed by atoms with E-state index in [4.69, 9.17) is 21.3 Å². The largest absolute Gasteiger partial charge is 0.497 e. The minimum absolute atomic E-state index is 0.0854. The van der Waals surface area contributed by atoms with E-state index in [-0.39, 0.29) is 17.2 Å². The van der Waals surface area contributed by atoms with Crippen LogP contribution in [-0.2, 0) is 11.8 Å². The van der Waals surface area contributed by atoms with Crippen LogP contribution in [0.5, 0.6) is 5.75 Å². The van der Waals surface area contributed by atoms with Gasteiger partial charge in [-0.1, -0.05) is 35.1 Å². The number of carbonyl (C=O) groups excluding carboxylic acids is 1. The first-order chi connectivity index (χ1) is 14.9. The number of thiazole rings is 1. The number of benzene rings is 2. The topological polar surface area (TPSA) is 72.7 Å². The van der Waals surface area contributed by atoms with E-state index in [1.165, 1.54) is 0 Å². The first-order valence-corrected chi connectivity index (χ1v) is 11.1. The lowest BCUT2D eigenvalue weighted by atomic mass is 9.95. The van der Waals surface area contributed by atoms with Crippen molar-refractivity contribution in [1.82, 2.24) is 9.88 Å². The van der Waals surface area contributed by atoms with E-state index in [2.05, 4.69) is 5.32 Å². The van der Waals surface area contributed by atoms with Crippen molar-refractivity contribution in [2.75, 3.05) is 13.7 Å². The normalized spacial score (nSPS) is 14.8. The van der Waals surface area contributed by atoms with Gasteiger partial charge in [0.05, 0.1) is 35.9 Å². The van der Waals surface area contributed by atoms with Crippen molar-refractivity contribution in [3.8, 4) is 17.0 Å². The molecule has 0 saturated heterocycles. The number of rotatable bonds is 5. The van der Waals surface area contributed by atoms with Crippen molar-refractivity contribution in [1.29, 1.82) is 0 Å². The molecule has 3 aromatic rings. The van der Waals surface area contributed by atoms with Gasteiger partial charge in [0.1, 0.15) is 5.75 Å². The van der Waals surface area contributed by atoms with Crippen LogP contribution >= 0.6 is 22.9 Å². The van der Waals surface area contributed by atoms with E-state index in [9.17, 15) is 9.59 Å². The van der Waals surface area contributed by atoms with Gasteiger partial charge in [-0.3, -0.25) is 14.6 Å². The molecule has 6 nitrogen and oxygen atoms in total. The molecule has 2 aromatic carbocycles. The van der Waals surface area contributed by atoms with Crippen molar-refractivity contribution in [2.24, 2.45) is 12.0 Å². The molecule has 0 bridgehead atoms. The zero-order chi connectivity index (χ0) is 22.1. The van der Waals surface area contributed by atoms with Crippen LogP contribution in [0.25, 0.3) is 11.3 Å². The summed E-state index contributed by atoms with van der Waals surface area (Å²) in [5.41, 5.74) is 4.11. The highest BCUT2D eigenvalue weighted by Crippen LogP contribution is 2.41. The SMILES string of the molecule is CCNC(=O)CC1N=C(c2ccc(Cl)cc2)c2cc(OC)ccc2-c2c1sc(=O)n2C. The zero-order valence-corrected chi connectivity index (χ0v) is 19.0. The molecule has 0 fully saturated rings. The van der Waals surface area contributed by atoms with Gasteiger partial charge in [-0.05, 0) is 37.3 Å². The number of fused-ring (bicyclic) bond motifs is 3. The molecule has 0 radical (unpaired) electrons. The van der Waals surface area contributed by atoms with E-state index < -0.39 is 6.04 Å². The number of halogens is 1. The van der Waals surface area contributed by atoms with Gasteiger partial charge in [-0.2, -0.15) is 0 Å². The molecule has 2 heterocycles. The van der Waals surface area contributed by atoms with Crippen molar-refractivity contribution >= 4 is 34.6 Å². The number of nitrogens with one attached hydrogen (secondary N) is 1. The van der Waals surface area contributed by atoms with E-state index in [0.717, 1.165) is 44.3 Å². The number of ether oxygens (including phenoxy) is 1. The standard InChI is InChI=1S/C23H22ClN3O3S/c1-4-25-19(28)12-18-22-21(27(2)23(29)31-22)16-10-9-15(30-3)11-17(16)20(26-18)13-5-7-14(24)8-6-13/h5-11,18H,4,12H2,1-3H3,(H,25,28). The lowest BCUT2D eigenvalue weighted by molar-refractivity contribution is -0.121. The molecule has 1 atom stereocenters. The Morgan fingerprint density at radius 2 is 1.97 bits per heavy atom. The Morgan fingerprint density at radius 3 is 2.65 bits per heavy atom. The number of amides is 1. The molecule has 1 aliphatic heterocycles. The Balaban J connectivity index is 2.00. The van der Waals surface area contributed by atoms with Crippen molar-refractivity contribution in [3.63, 3.8) is 0 Å². The maximum Gasteiger partial charge on any atom is 0.307 e. The summed E-state index contributed by atoms with van der Waals surface area (Å²) in [6, 6.07) is 12.7. The molecule has 4 rings (SSSR count). The summed E-state index contributed by atoms with van der Waals surface area (Å²) in [5.74, 6) is 0.578. The fourth-order valence-electron chi connectivity index (χ4n) is 3.76. The minimum Gasteiger partial charge on any atom is -0.497 e. The number of nitrogens with zero attached hydrogens (tertiary/aromatic N) is 2. The quantitative estimate of drug-likeness (QED) is 0.626. The Bertz CT molecular complexity index is 1230. The number of hydrogen-bond donors (Lipinski definition) is 1. The smallest absolute Gasteiger partial charge is 0.307 e. The third kappa shape index (κ3) is 4.03. The third-order valence-corrected chi connectivity index (χ3v) is 6.62. The first-order valence-electron chi connectivity index (χ1n) is 9.91. The lowest BCUT2D eigenvalue weighted by Crippen LogP contribution is -2.24. The Labute approximate surface area is 189 Å². The average molecular weight is 456 g/mol. The molecule has 0 spiro atoms. The molecule has 1 aromatic heterocycles. The van der Waals surface area contributed by atoms with E-state index >= 15 is 0 Å². The molecular formula is C23H22ClN3O3S. The molecular weight excluding hydrogens is 434 g/mol. The summed E-state index contributed by atoms with van der Waals surface area (Å²) in [6.07, 6.45) is 0.156. The highest BCUT2D eigenvalue weighted by Gasteiger charge is 2.30. The molecule has 160 valence electrons. The van der Waals surface area contributed by atoms with Gasteiger partial charge in [0.15, 0.2) is 0 Å². The average Bonchev–Trinajstić information content (AvgIpc) is 2.98. The van der Waals surface area contributed by atoms with Crippen LogP contribution in [0.15, 0.2) is 52.3 Å². The molecule has 1 amide bonds. The molecule has 8 heteroatoms. The van der Waals surface area contributed by atoms with Gasteiger partial charge in [0.25, 0.3) is 0 Å². The highest BCUT2D eigenvalue weighted by molar-refractivity contribution is 7.09. The summed E-state index contributed by atoms with van der Waals surface area (Å²) < 4.78 is 7.10. The highest BCUT2D eigenvalue weighted by atomic mass is 35.5. The monoisotopic (exact) mass is 455 g/mol. The molecule has 1 unspecified atom stereocenters. The van der Waals surface area contributed by atoms with E-state index in [0.29, 0.717) is 17.3 Å². The van der Waals surface area contributed by atoms with Gasteiger partial charge in [0.2, 0.25) is 5.91 Å². The number of aliphatic imine (C=N–C) groups is 1. The van der Waals surface area contributed by atoms with Crippen LogP contribution in [0, 0.1) is 0 Å². The second kappa shape index (κ2) is 8.69. The third-order valence-electron chi connectivity index (χ3n) is 5.23. The Hall–Kier alpha value is -2.90. The fraction of sp³-hybridized carbons (Fsp3) is 0.261. The molecule has 0 saturated carbocycles. The minimum atomic E-state index is -0.482. The van der Waals surface area contributed by atoms with Crippen molar-refractivity contribution in [3.05, 3.63) is 73.2 Å². The van der Waals surface area contributed by atoms with Gasteiger partial charge < -0.3 is 14.6 Å². The predicted molar refractivity (Wildman–Crippen MR) is 125 cm³/mol. The first kappa shape index (κ1) is 21.3. The fourth-order valence-corrected chi connectivity index (χ4v) is 4.92. The molecule has 1 N–H and O–H groups in total. The van der Waals surface area contributed by atoms with Crippen LogP contribution in [0.1, 0.15) is 35.4 Å². The van der Waals surface area contributed by atoms with Crippen LogP contribution in [-0.4, -0.2) is 29.8 Å². The van der Waals surface area contributed by atoms with Gasteiger partial charge >= 0.3 is 4.87 Å². The number of aromatic nitrogens is 1. The maximum atomic E-state index is 12.6. The number of methoxy groups -OCH3 is 1. The second-order valence-corrected chi connectivity index (χ2v) is 8.64. The van der Waals surface area contributed by atoms with Crippen LogP contribution in [0.2, 0.25) is 5.02 Å². The maximum absolute atomic E-state index is 12.6. The number of carbonyl (C=O) groups is 1. The summed E-state index contributed by atoms with van der Waals surface area (Å²) in [4.78, 5) is 30.8. The van der Waals surface area contributed by atoms with Crippen LogP contribution in [0.4, 0.5) is 0 Å².